The minimum Gasteiger partial charge on any atom is -0.465 e. The first-order valence-electron chi connectivity index (χ1n) is 5.28. The molecule has 2 rings (SSSR count). The van der Waals surface area contributed by atoms with Crippen LogP contribution in [0.15, 0.2) is 18.2 Å². The van der Waals surface area contributed by atoms with Crippen molar-refractivity contribution in [2.45, 2.75) is 6.92 Å². The van der Waals surface area contributed by atoms with E-state index in [1.54, 1.807) is 18.2 Å². The average molecular weight is 245 g/mol. The van der Waals surface area contributed by atoms with Gasteiger partial charge < -0.3 is 9.72 Å². The van der Waals surface area contributed by atoms with Crippen molar-refractivity contribution in [1.29, 1.82) is 0 Å². The van der Waals surface area contributed by atoms with E-state index in [0.717, 1.165) is 0 Å². The lowest BCUT2D eigenvalue weighted by Gasteiger charge is -1.98. The van der Waals surface area contributed by atoms with E-state index in [1.807, 2.05) is 0 Å². The van der Waals surface area contributed by atoms with Crippen LogP contribution in [0.25, 0.3) is 10.9 Å². The Morgan fingerprint density at radius 3 is 2.61 bits per heavy atom. The van der Waals surface area contributed by atoms with Gasteiger partial charge >= 0.3 is 5.97 Å². The highest BCUT2D eigenvalue weighted by atomic mass is 16.5. The van der Waals surface area contributed by atoms with E-state index in [0.29, 0.717) is 28.3 Å². The minimum absolute atomic E-state index is 0.229. The summed E-state index contributed by atoms with van der Waals surface area (Å²) in [6.45, 7) is 1.37. The summed E-state index contributed by atoms with van der Waals surface area (Å²) < 4.78 is 4.61. The number of esters is 1. The number of carbonyl (C=O) groups is 3. The van der Waals surface area contributed by atoms with Gasteiger partial charge in [-0.3, -0.25) is 9.59 Å². The standard InChI is InChI=1S/C13H11NO4/c1-7(16)12-10(6-15)9-4-3-8(13(17)18-2)5-11(9)14-12/h3-6,14H,1-2H3. The molecule has 0 unspecified atom stereocenters. The fourth-order valence-corrected chi connectivity index (χ4v) is 1.86. The SMILES string of the molecule is COC(=O)c1ccc2c(C=O)c(C(C)=O)[nH]c2c1. The Labute approximate surface area is 103 Å². The molecule has 0 atom stereocenters. The largest absolute Gasteiger partial charge is 0.465 e. The number of hydrogen-bond acceptors (Lipinski definition) is 4. The summed E-state index contributed by atoms with van der Waals surface area (Å²) in [5.41, 5.74) is 1.49. The van der Waals surface area contributed by atoms with Crippen LogP contribution in [-0.4, -0.2) is 30.1 Å². The number of benzene rings is 1. The van der Waals surface area contributed by atoms with Crippen LogP contribution in [0.5, 0.6) is 0 Å². The molecule has 92 valence electrons. The zero-order chi connectivity index (χ0) is 13.3. The smallest absolute Gasteiger partial charge is 0.337 e. The Kier molecular flexibility index (Phi) is 2.97. The molecule has 0 aliphatic heterocycles. The van der Waals surface area contributed by atoms with E-state index in [1.165, 1.54) is 14.0 Å². The second kappa shape index (κ2) is 4.44. The van der Waals surface area contributed by atoms with Gasteiger partial charge in [-0.1, -0.05) is 6.07 Å². The molecule has 1 N–H and O–H groups in total. The Morgan fingerprint density at radius 2 is 2.06 bits per heavy atom. The Balaban J connectivity index is 2.69. The first-order chi connectivity index (χ1) is 8.58. The quantitative estimate of drug-likeness (QED) is 0.509. The molecular weight excluding hydrogens is 234 g/mol. The molecule has 0 fully saturated rings. The molecule has 18 heavy (non-hydrogen) atoms. The van der Waals surface area contributed by atoms with E-state index >= 15 is 0 Å². The third-order valence-corrected chi connectivity index (χ3v) is 2.73. The average Bonchev–Trinajstić information content (AvgIpc) is 2.75. The highest BCUT2D eigenvalue weighted by molar-refractivity contribution is 6.10. The predicted octanol–water partition coefficient (Wildman–Crippen LogP) is 1.97. The molecule has 1 aromatic carbocycles. The zero-order valence-corrected chi connectivity index (χ0v) is 9.94. The molecule has 0 spiro atoms. The lowest BCUT2D eigenvalue weighted by atomic mass is 10.1. The summed E-state index contributed by atoms with van der Waals surface area (Å²) in [6, 6.07) is 4.73. The molecule has 5 heteroatoms. The van der Waals surface area contributed by atoms with Gasteiger partial charge in [0.15, 0.2) is 12.1 Å². The van der Waals surface area contributed by atoms with Crippen LogP contribution in [0.4, 0.5) is 0 Å². The number of aromatic amines is 1. The summed E-state index contributed by atoms with van der Waals surface area (Å²) >= 11 is 0. The van der Waals surface area contributed by atoms with Crippen molar-refractivity contribution in [3.05, 3.63) is 35.0 Å². The van der Waals surface area contributed by atoms with Crippen molar-refractivity contribution in [2.75, 3.05) is 7.11 Å². The molecule has 1 aromatic heterocycles. The first kappa shape index (κ1) is 12.0. The summed E-state index contributed by atoms with van der Waals surface area (Å²) in [5.74, 6) is -0.698. The van der Waals surface area contributed by atoms with Crippen molar-refractivity contribution in [1.82, 2.24) is 4.98 Å². The molecule has 0 radical (unpaired) electrons. The number of aromatic nitrogens is 1. The lowest BCUT2D eigenvalue weighted by Crippen LogP contribution is -2.00. The topological polar surface area (TPSA) is 76.2 Å². The van der Waals surface area contributed by atoms with Crippen molar-refractivity contribution in [2.24, 2.45) is 0 Å². The second-order valence-corrected chi connectivity index (χ2v) is 3.84. The number of methoxy groups -OCH3 is 1. The van der Waals surface area contributed by atoms with Gasteiger partial charge in [-0.05, 0) is 12.1 Å². The van der Waals surface area contributed by atoms with Crippen LogP contribution < -0.4 is 0 Å². The van der Waals surface area contributed by atoms with E-state index < -0.39 is 5.97 Å². The Morgan fingerprint density at radius 1 is 1.33 bits per heavy atom. The highest BCUT2D eigenvalue weighted by Crippen LogP contribution is 2.23. The number of hydrogen-bond donors (Lipinski definition) is 1. The number of ether oxygens (including phenoxy) is 1. The fourth-order valence-electron chi connectivity index (χ4n) is 1.86. The van der Waals surface area contributed by atoms with Gasteiger partial charge in [0.05, 0.1) is 23.9 Å². The Bertz CT molecular complexity index is 654. The molecule has 0 aliphatic rings. The van der Waals surface area contributed by atoms with E-state index in [4.69, 9.17) is 0 Å². The number of H-pyrrole nitrogens is 1. The number of ketones is 1. The third-order valence-electron chi connectivity index (χ3n) is 2.73. The molecule has 0 amide bonds. The van der Waals surface area contributed by atoms with Crippen molar-refractivity contribution < 1.29 is 19.1 Å². The summed E-state index contributed by atoms with van der Waals surface area (Å²) in [6.07, 6.45) is 0.632. The van der Waals surface area contributed by atoms with Crippen molar-refractivity contribution in [3.63, 3.8) is 0 Å². The normalized spacial score (nSPS) is 10.3. The second-order valence-electron chi connectivity index (χ2n) is 3.84. The third kappa shape index (κ3) is 1.79. The maximum atomic E-state index is 11.4. The van der Waals surface area contributed by atoms with Gasteiger partial charge in [0.2, 0.25) is 0 Å². The van der Waals surface area contributed by atoms with Gasteiger partial charge in [-0.25, -0.2) is 4.79 Å². The molecule has 5 nitrogen and oxygen atoms in total. The van der Waals surface area contributed by atoms with Gasteiger partial charge in [0, 0.05) is 17.8 Å². The van der Waals surface area contributed by atoms with Crippen LogP contribution in [-0.2, 0) is 4.74 Å². The fraction of sp³-hybridized carbons (Fsp3) is 0.154. The number of rotatable bonds is 3. The Hall–Kier alpha value is -2.43. The number of nitrogens with one attached hydrogen (secondary N) is 1. The van der Waals surface area contributed by atoms with Crippen LogP contribution in [0.1, 0.15) is 38.1 Å². The zero-order valence-electron chi connectivity index (χ0n) is 9.94. The van der Waals surface area contributed by atoms with Gasteiger partial charge in [0.25, 0.3) is 0 Å². The first-order valence-corrected chi connectivity index (χ1v) is 5.28. The van der Waals surface area contributed by atoms with E-state index in [9.17, 15) is 14.4 Å². The number of fused-ring (bicyclic) bond motifs is 1. The minimum atomic E-state index is -0.469. The monoisotopic (exact) mass is 245 g/mol. The molecule has 2 aromatic rings. The van der Waals surface area contributed by atoms with E-state index in [-0.39, 0.29) is 11.5 Å². The number of aldehydes is 1. The predicted molar refractivity (Wildman–Crippen MR) is 65.0 cm³/mol. The van der Waals surface area contributed by atoms with Gasteiger partial charge in [-0.15, -0.1) is 0 Å². The highest BCUT2D eigenvalue weighted by Gasteiger charge is 2.15. The lowest BCUT2D eigenvalue weighted by molar-refractivity contribution is 0.0600. The van der Waals surface area contributed by atoms with E-state index in [2.05, 4.69) is 9.72 Å². The summed E-state index contributed by atoms with van der Waals surface area (Å²) in [7, 11) is 1.29. The maximum Gasteiger partial charge on any atom is 0.337 e. The van der Waals surface area contributed by atoms with Gasteiger partial charge in [-0.2, -0.15) is 0 Å². The summed E-state index contributed by atoms with van der Waals surface area (Å²) in [4.78, 5) is 36.6. The van der Waals surface area contributed by atoms with Crippen LogP contribution >= 0.6 is 0 Å². The van der Waals surface area contributed by atoms with Crippen LogP contribution in [0.2, 0.25) is 0 Å². The summed E-state index contributed by atoms with van der Waals surface area (Å²) in [5, 5.41) is 0.614. The molecule has 0 aliphatic carbocycles. The van der Waals surface area contributed by atoms with Crippen molar-refractivity contribution in [3.8, 4) is 0 Å². The maximum absolute atomic E-state index is 11.4. The molecular formula is C13H11NO4. The number of Topliss-reactive ketones (excluding diaryl/α,β-unsaturated/α-hetero) is 1. The van der Waals surface area contributed by atoms with Crippen LogP contribution in [0.3, 0.4) is 0 Å². The molecule has 0 bridgehead atoms. The molecule has 0 saturated carbocycles. The number of carbonyl (C=O) groups excluding carboxylic acids is 3. The molecule has 1 heterocycles. The van der Waals surface area contributed by atoms with Gasteiger partial charge in [0.1, 0.15) is 0 Å². The van der Waals surface area contributed by atoms with Crippen molar-refractivity contribution >= 4 is 28.9 Å². The molecule has 0 saturated heterocycles. The van der Waals surface area contributed by atoms with Crippen LogP contribution in [0, 0.1) is 0 Å².